The Balaban J connectivity index is 2.44. The third-order valence-electron chi connectivity index (χ3n) is 2.88. The molecule has 0 aliphatic carbocycles. The highest BCUT2D eigenvalue weighted by atomic mass is 19.1. The summed E-state index contributed by atoms with van der Waals surface area (Å²) in [6.07, 6.45) is 0. The van der Waals surface area contributed by atoms with Gasteiger partial charge in [-0.2, -0.15) is 5.26 Å². The van der Waals surface area contributed by atoms with Crippen LogP contribution < -0.4 is 4.90 Å². The minimum atomic E-state index is -0.659. The number of anilines is 2. The fourth-order valence-corrected chi connectivity index (χ4v) is 1.83. The molecule has 0 saturated heterocycles. The molecule has 0 fully saturated rings. The Morgan fingerprint density at radius 3 is 2.45 bits per heavy atom. The zero-order valence-electron chi connectivity index (χ0n) is 10.6. The van der Waals surface area contributed by atoms with Gasteiger partial charge in [0, 0.05) is 12.7 Å². The van der Waals surface area contributed by atoms with Crippen molar-refractivity contribution in [2.75, 3.05) is 11.9 Å². The van der Waals surface area contributed by atoms with E-state index in [9.17, 15) is 14.5 Å². The molecular weight excluding hydrogens is 261 g/mol. The van der Waals surface area contributed by atoms with E-state index in [0.29, 0.717) is 11.3 Å². The van der Waals surface area contributed by atoms with E-state index >= 15 is 0 Å². The summed E-state index contributed by atoms with van der Waals surface area (Å²) in [6, 6.07) is 12.0. The van der Waals surface area contributed by atoms with Gasteiger partial charge in [0.15, 0.2) is 0 Å². The van der Waals surface area contributed by atoms with Crippen LogP contribution in [0.1, 0.15) is 5.56 Å². The van der Waals surface area contributed by atoms with Crippen molar-refractivity contribution in [1.82, 2.24) is 0 Å². The molecule has 6 heteroatoms. The fourth-order valence-electron chi connectivity index (χ4n) is 1.83. The second-order valence-corrected chi connectivity index (χ2v) is 4.11. The van der Waals surface area contributed by atoms with Crippen LogP contribution in [-0.2, 0) is 0 Å². The van der Waals surface area contributed by atoms with Crippen LogP contribution in [0.2, 0.25) is 0 Å². The molecule has 0 spiro atoms. The third kappa shape index (κ3) is 2.57. The lowest BCUT2D eigenvalue weighted by Crippen LogP contribution is -2.11. The number of nitriles is 1. The Labute approximate surface area is 114 Å². The molecular formula is C14H10FN3O2. The van der Waals surface area contributed by atoms with Crippen LogP contribution in [0.15, 0.2) is 42.5 Å². The highest BCUT2D eigenvalue weighted by Crippen LogP contribution is 2.32. The highest BCUT2D eigenvalue weighted by molar-refractivity contribution is 5.71. The highest BCUT2D eigenvalue weighted by Gasteiger charge is 2.19. The Morgan fingerprint density at radius 1 is 1.25 bits per heavy atom. The molecule has 0 unspecified atom stereocenters. The average molecular weight is 271 g/mol. The number of hydrogen-bond donors (Lipinski definition) is 0. The first kappa shape index (κ1) is 13.5. The third-order valence-corrected chi connectivity index (χ3v) is 2.88. The second-order valence-electron chi connectivity index (χ2n) is 4.11. The maximum Gasteiger partial charge on any atom is 0.295 e. The normalized spacial score (nSPS) is 9.85. The summed E-state index contributed by atoms with van der Waals surface area (Å²) >= 11 is 0. The van der Waals surface area contributed by atoms with E-state index in [4.69, 9.17) is 5.26 Å². The zero-order chi connectivity index (χ0) is 14.7. The van der Waals surface area contributed by atoms with Gasteiger partial charge in [-0.15, -0.1) is 0 Å². The number of halogens is 1. The summed E-state index contributed by atoms with van der Waals surface area (Å²) in [6.45, 7) is 0. The molecule has 0 atom stereocenters. The summed E-state index contributed by atoms with van der Waals surface area (Å²) < 4.78 is 13.1. The van der Waals surface area contributed by atoms with Crippen molar-refractivity contribution in [3.05, 3.63) is 64.0 Å². The van der Waals surface area contributed by atoms with E-state index in [1.807, 2.05) is 6.07 Å². The van der Waals surface area contributed by atoms with Gasteiger partial charge >= 0.3 is 0 Å². The van der Waals surface area contributed by atoms with Gasteiger partial charge in [-0.05, 0) is 36.4 Å². The molecule has 5 nitrogen and oxygen atoms in total. The molecule has 20 heavy (non-hydrogen) atoms. The molecule has 2 aromatic carbocycles. The zero-order valence-corrected chi connectivity index (χ0v) is 10.6. The van der Waals surface area contributed by atoms with Crippen molar-refractivity contribution < 1.29 is 9.31 Å². The summed E-state index contributed by atoms with van der Waals surface area (Å²) in [7, 11) is 1.64. The molecule has 0 amide bonds. The molecule has 2 rings (SSSR count). The molecule has 0 bridgehead atoms. The van der Waals surface area contributed by atoms with E-state index in [2.05, 4.69) is 0 Å². The van der Waals surface area contributed by atoms with Gasteiger partial charge in [0.05, 0.1) is 22.6 Å². The first-order valence-corrected chi connectivity index (χ1v) is 5.71. The van der Waals surface area contributed by atoms with Gasteiger partial charge in [0.25, 0.3) is 5.69 Å². The quantitative estimate of drug-likeness (QED) is 0.633. The molecule has 0 aliphatic heterocycles. The van der Waals surface area contributed by atoms with Crippen LogP contribution in [0.4, 0.5) is 21.5 Å². The monoisotopic (exact) mass is 271 g/mol. The standard InChI is InChI=1S/C14H10FN3O2/c1-17(12-5-2-10(9-16)3-6-12)13-7-4-11(15)8-14(13)18(19)20/h2-8H,1H3. The molecule has 0 saturated carbocycles. The molecule has 0 heterocycles. The Morgan fingerprint density at radius 2 is 1.90 bits per heavy atom. The van der Waals surface area contributed by atoms with Gasteiger partial charge < -0.3 is 4.90 Å². The number of benzene rings is 2. The SMILES string of the molecule is CN(c1ccc(C#N)cc1)c1ccc(F)cc1[N+](=O)[O-]. The summed E-state index contributed by atoms with van der Waals surface area (Å²) in [4.78, 5) is 11.9. The lowest BCUT2D eigenvalue weighted by atomic mass is 10.2. The topological polar surface area (TPSA) is 70.2 Å². The van der Waals surface area contributed by atoms with Crippen molar-refractivity contribution in [2.24, 2.45) is 0 Å². The predicted octanol–water partition coefficient (Wildman–Crippen LogP) is 3.37. The first-order chi connectivity index (χ1) is 9.52. The lowest BCUT2D eigenvalue weighted by Gasteiger charge is -2.19. The Bertz CT molecular complexity index is 693. The van der Waals surface area contributed by atoms with Crippen LogP contribution in [0.5, 0.6) is 0 Å². The fraction of sp³-hybridized carbons (Fsp3) is 0.0714. The van der Waals surface area contributed by atoms with Gasteiger partial charge in [0.2, 0.25) is 0 Å². The Hall–Kier alpha value is -2.94. The largest absolute Gasteiger partial charge is 0.339 e. The van der Waals surface area contributed by atoms with Crippen molar-refractivity contribution in [3.8, 4) is 6.07 Å². The van der Waals surface area contributed by atoms with E-state index in [0.717, 1.165) is 6.07 Å². The molecule has 0 aromatic heterocycles. The minimum absolute atomic E-state index is 0.279. The number of nitro benzene ring substituents is 1. The number of rotatable bonds is 3. The molecule has 2 aromatic rings. The van der Waals surface area contributed by atoms with Crippen LogP contribution >= 0.6 is 0 Å². The van der Waals surface area contributed by atoms with Crippen molar-refractivity contribution >= 4 is 17.1 Å². The van der Waals surface area contributed by atoms with E-state index in [1.165, 1.54) is 12.1 Å². The minimum Gasteiger partial charge on any atom is -0.339 e. The van der Waals surface area contributed by atoms with Crippen LogP contribution in [0.25, 0.3) is 0 Å². The maximum atomic E-state index is 13.1. The van der Waals surface area contributed by atoms with Crippen LogP contribution in [-0.4, -0.2) is 12.0 Å². The molecule has 100 valence electrons. The first-order valence-electron chi connectivity index (χ1n) is 5.71. The van der Waals surface area contributed by atoms with Crippen molar-refractivity contribution in [3.63, 3.8) is 0 Å². The average Bonchev–Trinajstić information content (AvgIpc) is 2.46. The van der Waals surface area contributed by atoms with Crippen molar-refractivity contribution in [1.29, 1.82) is 5.26 Å². The second kappa shape index (κ2) is 5.36. The van der Waals surface area contributed by atoms with Gasteiger partial charge in [0.1, 0.15) is 11.5 Å². The van der Waals surface area contributed by atoms with Gasteiger partial charge in [-0.3, -0.25) is 10.1 Å². The molecule has 0 radical (unpaired) electrons. The number of hydrogen-bond acceptors (Lipinski definition) is 4. The number of nitro groups is 1. The summed E-state index contributed by atoms with van der Waals surface area (Å²) in [5, 5.41) is 19.7. The summed E-state index contributed by atoms with van der Waals surface area (Å²) in [5.41, 5.74) is 1.13. The Kier molecular flexibility index (Phi) is 3.62. The van der Waals surface area contributed by atoms with E-state index in [-0.39, 0.29) is 11.4 Å². The summed E-state index contributed by atoms with van der Waals surface area (Å²) in [5.74, 6) is -0.659. The van der Waals surface area contributed by atoms with Crippen molar-refractivity contribution in [2.45, 2.75) is 0 Å². The molecule has 0 aliphatic rings. The lowest BCUT2D eigenvalue weighted by molar-refractivity contribution is -0.384. The van der Waals surface area contributed by atoms with E-state index < -0.39 is 10.7 Å². The maximum absolute atomic E-state index is 13.1. The van der Waals surface area contributed by atoms with Crippen LogP contribution in [0.3, 0.4) is 0 Å². The molecule has 0 N–H and O–H groups in total. The van der Waals surface area contributed by atoms with Crippen LogP contribution in [0, 0.1) is 27.3 Å². The number of nitrogens with zero attached hydrogens (tertiary/aromatic N) is 3. The van der Waals surface area contributed by atoms with E-state index in [1.54, 1.807) is 36.2 Å². The smallest absolute Gasteiger partial charge is 0.295 e. The predicted molar refractivity (Wildman–Crippen MR) is 72.3 cm³/mol. The van der Waals surface area contributed by atoms with Gasteiger partial charge in [-0.1, -0.05) is 0 Å². The van der Waals surface area contributed by atoms with Gasteiger partial charge in [-0.25, -0.2) is 4.39 Å².